The molecule has 5 aromatic rings. The van der Waals surface area contributed by atoms with Gasteiger partial charge in [-0.25, -0.2) is 15.0 Å². The molecule has 14 nitrogen and oxygen atoms in total. The number of hydrogen-bond donors (Lipinski definition) is 4. The van der Waals surface area contributed by atoms with Gasteiger partial charge in [0.2, 0.25) is 23.6 Å². The molecule has 2 aromatic heterocycles. The summed E-state index contributed by atoms with van der Waals surface area (Å²) in [6.07, 6.45) is 6.80. The van der Waals surface area contributed by atoms with E-state index in [9.17, 15) is 14.4 Å². The lowest BCUT2D eigenvalue weighted by Gasteiger charge is -2.37. The Kier molecular flexibility index (Phi) is 11.1. The first-order chi connectivity index (χ1) is 28.8. The van der Waals surface area contributed by atoms with Gasteiger partial charge in [-0.15, -0.1) is 0 Å². The fourth-order valence-electron chi connectivity index (χ4n) is 8.60. The van der Waals surface area contributed by atoms with E-state index in [0.717, 1.165) is 103 Å². The minimum Gasteiger partial charge on any atom is -0.474 e. The summed E-state index contributed by atoms with van der Waals surface area (Å²) in [5.41, 5.74) is 8.61. The average Bonchev–Trinajstić information content (AvgIpc) is 3.27. The number of piperidine rings is 2. The highest BCUT2D eigenvalue weighted by Crippen LogP contribution is 2.36. The number of carbonyl (C=O) groups excluding carboxylic acids is 3. The molecule has 0 saturated carbocycles. The van der Waals surface area contributed by atoms with Gasteiger partial charge in [-0.1, -0.05) is 24.3 Å². The van der Waals surface area contributed by atoms with E-state index in [4.69, 9.17) is 9.72 Å². The molecule has 4 aliphatic rings. The van der Waals surface area contributed by atoms with Gasteiger partial charge in [-0.05, 0) is 104 Å². The van der Waals surface area contributed by atoms with Crippen molar-refractivity contribution in [1.29, 1.82) is 0 Å². The first-order valence-corrected chi connectivity index (χ1v) is 20.8. The second-order valence-corrected chi connectivity index (χ2v) is 15.9. The lowest BCUT2D eigenvalue weighted by atomic mass is 9.89. The number of rotatable bonds is 10. The third-order valence-electron chi connectivity index (χ3n) is 12.2. The van der Waals surface area contributed by atoms with Crippen molar-refractivity contribution >= 4 is 51.6 Å². The molecule has 1 atom stereocenters. The first-order valence-electron chi connectivity index (χ1n) is 20.8. The molecule has 0 aliphatic carbocycles. The summed E-state index contributed by atoms with van der Waals surface area (Å²) in [7, 11) is 0. The smallest absolute Gasteiger partial charge is 0.253 e. The van der Waals surface area contributed by atoms with Crippen LogP contribution in [0, 0.1) is 6.92 Å². The number of fused-ring (bicyclic) bond motifs is 2. The Morgan fingerprint density at radius 2 is 1.59 bits per heavy atom. The van der Waals surface area contributed by atoms with Crippen molar-refractivity contribution < 1.29 is 19.1 Å². The van der Waals surface area contributed by atoms with Crippen LogP contribution in [0.1, 0.15) is 53.1 Å². The van der Waals surface area contributed by atoms with E-state index >= 15 is 0 Å². The molecule has 3 aromatic carbocycles. The van der Waals surface area contributed by atoms with E-state index in [1.165, 1.54) is 5.56 Å². The highest BCUT2D eigenvalue weighted by Gasteiger charge is 2.27. The zero-order chi connectivity index (χ0) is 40.3. The largest absolute Gasteiger partial charge is 0.474 e. The van der Waals surface area contributed by atoms with E-state index < -0.39 is 0 Å². The Morgan fingerprint density at radius 3 is 2.36 bits per heavy atom. The molecule has 59 heavy (non-hydrogen) atoms. The number of aromatic nitrogens is 3. The van der Waals surface area contributed by atoms with Crippen LogP contribution in [0.3, 0.4) is 0 Å². The number of nitrogens with one attached hydrogen (secondary N) is 4. The fraction of sp³-hybridized carbons (Fsp3) is 0.378. The monoisotopic (exact) mass is 794 g/mol. The van der Waals surface area contributed by atoms with Gasteiger partial charge in [0.15, 0.2) is 0 Å². The summed E-state index contributed by atoms with van der Waals surface area (Å²) in [5, 5.41) is 13.3. The number of anilines is 4. The number of nitrogens with zero attached hydrogens (tertiary/aromatic N) is 6. The van der Waals surface area contributed by atoms with E-state index in [-0.39, 0.29) is 23.8 Å². The summed E-state index contributed by atoms with van der Waals surface area (Å²) in [6, 6.07) is 21.8. The molecule has 6 heterocycles. The van der Waals surface area contributed by atoms with Gasteiger partial charge in [-0.2, -0.15) is 0 Å². The van der Waals surface area contributed by atoms with Crippen LogP contribution in [0.5, 0.6) is 5.88 Å². The Bertz CT molecular complexity index is 2340. The third kappa shape index (κ3) is 8.69. The van der Waals surface area contributed by atoms with Crippen LogP contribution in [0.2, 0.25) is 0 Å². The summed E-state index contributed by atoms with van der Waals surface area (Å²) >= 11 is 0. The first kappa shape index (κ1) is 38.4. The van der Waals surface area contributed by atoms with Gasteiger partial charge in [0.25, 0.3) is 5.91 Å². The van der Waals surface area contributed by atoms with Crippen LogP contribution in [0.15, 0.2) is 79.1 Å². The molecule has 3 saturated heterocycles. The fourth-order valence-corrected chi connectivity index (χ4v) is 8.60. The maximum Gasteiger partial charge on any atom is 0.253 e. The molecule has 304 valence electrons. The summed E-state index contributed by atoms with van der Waals surface area (Å²) in [4.78, 5) is 57.9. The predicted molar refractivity (Wildman–Crippen MR) is 228 cm³/mol. The highest BCUT2D eigenvalue weighted by atomic mass is 16.5. The van der Waals surface area contributed by atoms with Crippen molar-refractivity contribution in [3.63, 3.8) is 0 Å². The molecule has 1 unspecified atom stereocenters. The second kappa shape index (κ2) is 17.0. The maximum absolute atomic E-state index is 13.5. The van der Waals surface area contributed by atoms with Gasteiger partial charge in [0.1, 0.15) is 18.3 Å². The average molecular weight is 795 g/mol. The lowest BCUT2D eigenvalue weighted by molar-refractivity contribution is -0.133. The quantitative estimate of drug-likeness (QED) is 0.134. The zero-order valence-electron chi connectivity index (χ0n) is 33.4. The highest BCUT2D eigenvalue weighted by molar-refractivity contribution is 6.01. The molecule has 14 heteroatoms. The van der Waals surface area contributed by atoms with Crippen LogP contribution in [-0.4, -0.2) is 119 Å². The summed E-state index contributed by atoms with van der Waals surface area (Å²) in [6.45, 7) is 10.8. The standard InChI is InChI=1S/C45H50N10O4/c1-29-37(28-47-43-41(29)46-16-25-59-43)33-2-3-34-27-48-45(51-39(34)26-33)50-36-10-6-32(7-11-36)44(58)55-23-21-54(22-24-55)20-19-53-17-14-31(15-18-53)30-4-8-35(9-5-30)49-38-12-13-40(56)52-42(38)57/h2-11,26-28,31,38,46,49H,12-25H2,1H3,(H,48,50,51)(H,52,56,57). The number of ether oxygens (including phenoxy) is 1. The van der Waals surface area contributed by atoms with Crippen molar-refractivity contribution in [1.82, 2.24) is 35.0 Å². The van der Waals surface area contributed by atoms with Gasteiger partial charge in [0, 0.05) is 92.5 Å². The molecule has 0 spiro atoms. The number of amides is 3. The Labute approximate surface area is 343 Å². The van der Waals surface area contributed by atoms with Crippen molar-refractivity contribution in [2.45, 2.75) is 44.6 Å². The molecule has 4 aliphatic heterocycles. The van der Waals surface area contributed by atoms with Crippen molar-refractivity contribution in [2.75, 3.05) is 81.5 Å². The molecule has 3 amide bonds. The SMILES string of the molecule is Cc1c(-c2ccc3cnc(Nc4ccc(C(=O)N5CCN(CCN6CCC(c7ccc(NC8CCC(=O)NC8=O)cc7)CC6)CC5)cc4)nc3c2)cnc2c1NCCO2. The molecule has 0 radical (unpaired) electrons. The van der Waals surface area contributed by atoms with Crippen LogP contribution < -0.4 is 26.0 Å². The van der Waals surface area contributed by atoms with Gasteiger partial charge in [-0.3, -0.25) is 24.6 Å². The molecule has 0 bridgehead atoms. The Morgan fingerprint density at radius 1 is 0.847 bits per heavy atom. The van der Waals surface area contributed by atoms with Gasteiger partial charge < -0.3 is 30.5 Å². The molecular weight excluding hydrogens is 745 g/mol. The van der Waals surface area contributed by atoms with Crippen LogP contribution >= 0.6 is 0 Å². The molecule has 9 rings (SSSR count). The van der Waals surface area contributed by atoms with E-state index in [1.807, 2.05) is 59.8 Å². The van der Waals surface area contributed by atoms with E-state index in [2.05, 4.69) is 72.2 Å². The Balaban J connectivity index is 0.716. The number of carbonyl (C=O) groups is 3. The van der Waals surface area contributed by atoms with Crippen molar-refractivity contribution in [3.05, 3.63) is 95.8 Å². The van der Waals surface area contributed by atoms with E-state index in [0.29, 0.717) is 55.8 Å². The number of likely N-dealkylation sites (tertiary alicyclic amines) is 1. The number of hydrogen-bond acceptors (Lipinski definition) is 12. The maximum atomic E-state index is 13.5. The number of imide groups is 1. The van der Waals surface area contributed by atoms with Gasteiger partial charge in [0.05, 0.1) is 5.52 Å². The predicted octanol–water partition coefficient (Wildman–Crippen LogP) is 5.40. The normalized spacial score (nSPS) is 19.1. The lowest BCUT2D eigenvalue weighted by Crippen LogP contribution is -2.50. The minimum atomic E-state index is -0.370. The van der Waals surface area contributed by atoms with Crippen molar-refractivity contribution in [3.8, 4) is 17.0 Å². The summed E-state index contributed by atoms with van der Waals surface area (Å²) in [5.74, 6) is 1.26. The van der Waals surface area contributed by atoms with Crippen LogP contribution in [0.25, 0.3) is 22.0 Å². The van der Waals surface area contributed by atoms with Crippen LogP contribution in [-0.2, 0) is 9.59 Å². The number of piperazine rings is 1. The minimum absolute atomic E-state index is 0.0567. The van der Waals surface area contributed by atoms with Crippen molar-refractivity contribution in [2.24, 2.45) is 0 Å². The Hall–Kier alpha value is -6.12. The topological polar surface area (TPSA) is 157 Å². The van der Waals surface area contributed by atoms with E-state index in [1.54, 1.807) is 0 Å². The summed E-state index contributed by atoms with van der Waals surface area (Å²) < 4.78 is 5.71. The zero-order valence-corrected chi connectivity index (χ0v) is 33.4. The molecule has 4 N–H and O–H groups in total. The third-order valence-corrected chi connectivity index (χ3v) is 12.2. The van der Waals surface area contributed by atoms with Crippen LogP contribution in [0.4, 0.5) is 23.0 Å². The molecular formula is C45H50N10O4. The number of pyridine rings is 1. The second-order valence-electron chi connectivity index (χ2n) is 15.9. The van der Waals surface area contributed by atoms with Gasteiger partial charge >= 0.3 is 0 Å². The number of benzene rings is 3. The molecule has 3 fully saturated rings.